The molecule has 1 aromatic heterocycles. The van der Waals surface area contributed by atoms with Crippen molar-refractivity contribution in [1.29, 1.82) is 0 Å². The van der Waals surface area contributed by atoms with Crippen LogP contribution in [0, 0.1) is 5.41 Å². The molecule has 0 saturated heterocycles. The van der Waals surface area contributed by atoms with E-state index >= 15 is 0 Å². The zero-order chi connectivity index (χ0) is 9.86. The molecule has 2 rings (SSSR count). The van der Waals surface area contributed by atoms with Crippen molar-refractivity contribution < 1.29 is 0 Å². The first-order valence-corrected chi connectivity index (χ1v) is 5.37. The summed E-state index contributed by atoms with van der Waals surface area (Å²) in [6.45, 7) is 1.80. The lowest BCUT2D eigenvalue weighted by atomic mass is 9.64. The lowest BCUT2D eigenvalue weighted by Crippen LogP contribution is -2.33. The van der Waals surface area contributed by atoms with E-state index in [0.29, 0.717) is 5.41 Å². The van der Waals surface area contributed by atoms with Crippen molar-refractivity contribution in [3.8, 4) is 0 Å². The molecule has 0 spiro atoms. The van der Waals surface area contributed by atoms with Crippen molar-refractivity contribution in [3.63, 3.8) is 0 Å². The maximum atomic E-state index is 5.64. The topological polar surface area (TPSA) is 56.7 Å². The van der Waals surface area contributed by atoms with Crippen LogP contribution in [0.1, 0.15) is 32.1 Å². The summed E-state index contributed by atoms with van der Waals surface area (Å²) in [4.78, 5) is 3.94. The smallest absolute Gasteiger partial charge is 0.137 e. The minimum absolute atomic E-state index is 0.528. The Hall–Kier alpha value is -0.900. The van der Waals surface area contributed by atoms with Crippen LogP contribution in [0.4, 0.5) is 0 Å². The predicted molar refractivity (Wildman–Crippen MR) is 54.6 cm³/mol. The number of rotatable bonds is 5. The third kappa shape index (κ3) is 1.95. The maximum absolute atomic E-state index is 5.64. The molecule has 4 nitrogen and oxygen atoms in total. The highest BCUT2D eigenvalue weighted by molar-refractivity contribution is 4.87. The van der Waals surface area contributed by atoms with Gasteiger partial charge in [0.1, 0.15) is 12.7 Å². The highest BCUT2D eigenvalue weighted by Crippen LogP contribution is 2.46. The molecule has 1 aliphatic carbocycles. The number of nitrogens with zero attached hydrogens (tertiary/aromatic N) is 3. The predicted octanol–water partition coefficient (Wildman–Crippen LogP) is 1.19. The molecular weight excluding hydrogens is 176 g/mol. The second-order valence-electron chi connectivity index (χ2n) is 4.30. The third-order valence-electron chi connectivity index (χ3n) is 3.43. The molecule has 0 atom stereocenters. The fourth-order valence-electron chi connectivity index (χ4n) is 2.31. The average Bonchev–Trinajstić information content (AvgIpc) is 2.62. The van der Waals surface area contributed by atoms with Crippen LogP contribution in [-0.4, -0.2) is 21.3 Å². The molecule has 0 aromatic carbocycles. The summed E-state index contributed by atoms with van der Waals surface area (Å²) in [6, 6.07) is 0. The van der Waals surface area contributed by atoms with Gasteiger partial charge < -0.3 is 5.73 Å². The summed E-state index contributed by atoms with van der Waals surface area (Å²) < 4.78 is 1.91. The van der Waals surface area contributed by atoms with E-state index < -0.39 is 0 Å². The van der Waals surface area contributed by atoms with Gasteiger partial charge in [-0.05, 0) is 37.6 Å². The quantitative estimate of drug-likeness (QED) is 0.766. The van der Waals surface area contributed by atoms with Crippen molar-refractivity contribution >= 4 is 0 Å². The minimum atomic E-state index is 0.528. The molecule has 0 bridgehead atoms. The molecule has 0 radical (unpaired) electrons. The normalized spacial score (nSPS) is 19.2. The number of aromatic nitrogens is 3. The Balaban J connectivity index is 1.83. The van der Waals surface area contributed by atoms with Crippen molar-refractivity contribution in [2.24, 2.45) is 11.1 Å². The maximum Gasteiger partial charge on any atom is 0.137 e. The van der Waals surface area contributed by atoms with Gasteiger partial charge in [0.05, 0.1) is 0 Å². The summed E-state index contributed by atoms with van der Waals surface area (Å²) in [5.74, 6) is 0. The van der Waals surface area contributed by atoms with Crippen LogP contribution in [0.2, 0.25) is 0 Å². The fraction of sp³-hybridized carbons (Fsp3) is 0.800. The van der Waals surface area contributed by atoms with Gasteiger partial charge in [-0.1, -0.05) is 6.42 Å². The molecule has 1 saturated carbocycles. The van der Waals surface area contributed by atoms with E-state index in [4.69, 9.17) is 5.73 Å². The molecule has 78 valence electrons. The van der Waals surface area contributed by atoms with Gasteiger partial charge in [-0.3, -0.25) is 4.68 Å². The first-order chi connectivity index (χ1) is 6.85. The van der Waals surface area contributed by atoms with Gasteiger partial charge in [0.2, 0.25) is 0 Å². The van der Waals surface area contributed by atoms with E-state index in [1.54, 1.807) is 12.7 Å². The zero-order valence-electron chi connectivity index (χ0n) is 8.52. The number of hydrogen-bond acceptors (Lipinski definition) is 3. The van der Waals surface area contributed by atoms with E-state index in [0.717, 1.165) is 13.1 Å². The first kappa shape index (κ1) is 9.65. The first-order valence-electron chi connectivity index (χ1n) is 5.37. The summed E-state index contributed by atoms with van der Waals surface area (Å²) in [5, 5.41) is 4.11. The number of hydrogen-bond donors (Lipinski definition) is 1. The van der Waals surface area contributed by atoms with Crippen LogP contribution in [0.25, 0.3) is 0 Å². The summed E-state index contributed by atoms with van der Waals surface area (Å²) in [6.07, 6.45) is 9.82. The molecule has 1 aromatic rings. The lowest BCUT2D eigenvalue weighted by molar-refractivity contribution is 0.101. The number of nitrogens with two attached hydrogens (primary N) is 1. The Bertz CT molecular complexity index is 264. The second-order valence-corrected chi connectivity index (χ2v) is 4.30. The molecule has 1 heterocycles. The van der Waals surface area contributed by atoms with Crippen molar-refractivity contribution in [2.75, 3.05) is 6.54 Å². The largest absolute Gasteiger partial charge is 0.330 e. The highest BCUT2D eigenvalue weighted by Gasteiger charge is 2.35. The molecule has 1 fully saturated rings. The zero-order valence-corrected chi connectivity index (χ0v) is 8.52. The van der Waals surface area contributed by atoms with Crippen molar-refractivity contribution in [2.45, 2.75) is 38.6 Å². The van der Waals surface area contributed by atoms with Gasteiger partial charge in [-0.2, -0.15) is 5.10 Å². The Labute approximate surface area is 84.5 Å². The Morgan fingerprint density at radius 3 is 2.71 bits per heavy atom. The molecule has 1 aliphatic rings. The van der Waals surface area contributed by atoms with Crippen LogP contribution < -0.4 is 5.73 Å². The van der Waals surface area contributed by atoms with Gasteiger partial charge in [0, 0.05) is 6.54 Å². The van der Waals surface area contributed by atoms with Gasteiger partial charge >= 0.3 is 0 Å². The SMILES string of the molecule is NCCC1(CCn2cncn2)CCC1. The summed E-state index contributed by atoms with van der Waals surface area (Å²) in [5.41, 5.74) is 6.17. The summed E-state index contributed by atoms with van der Waals surface area (Å²) >= 11 is 0. The lowest BCUT2D eigenvalue weighted by Gasteiger charge is -2.42. The Morgan fingerprint density at radius 1 is 1.36 bits per heavy atom. The molecule has 0 unspecified atom stereocenters. The van der Waals surface area contributed by atoms with Crippen molar-refractivity contribution in [3.05, 3.63) is 12.7 Å². The molecule has 0 amide bonds. The minimum Gasteiger partial charge on any atom is -0.330 e. The molecule has 14 heavy (non-hydrogen) atoms. The van der Waals surface area contributed by atoms with E-state index in [1.807, 2.05) is 4.68 Å². The molecular formula is C10H18N4. The molecule has 4 heteroatoms. The average molecular weight is 194 g/mol. The second kappa shape index (κ2) is 4.09. The van der Waals surface area contributed by atoms with Crippen LogP contribution in [-0.2, 0) is 6.54 Å². The van der Waals surface area contributed by atoms with Gasteiger partial charge in [0.25, 0.3) is 0 Å². The van der Waals surface area contributed by atoms with E-state index in [1.165, 1.54) is 32.1 Å². The van der Waals surface area contributed by atoms with Crippen molar-refractivity contribution in [1.82, 2.24) is 14.8 Å². The third-order valence-corrected chi connectivity index (χ3v) is 3.43. The van der Waals surface area contributed by atoms with Crippen LogP contribution in [0.3, 0.4) is 0 Å². The van der Waals surface area contributed by atoms with Gasteiger partial charge in [-0.25, -0.2) is 4.98 Å². The standard InChI is InChI=1S/C10H18N4/c11-6-4-10(2-1-3-10)5-7-14-9-12-8-13-14/h8-9H,1-7,11H2. The van der Waals surface area contributed by atoms with Crippen LogP contribution in [0.15, 0.2) is 12.7 Å². The van der Waals surface area contributed by atoms with Gasteiger partial charge in [0.15, 0.2) is 0 Å². The van der Waals surface area contributed by atoms with E-state index in [-0.39, 0.29) is 0 Å². The number of aryl methyl sites for hydroxylation is 1. The molecule has 2 N–H and O–H groups in total. The van der Waals surface area contributed by atoms with Crippen LogP contribution >= 0.6 is 0 Å². The summed E-state index contributed by atoms with van der Waals surface area (Å²) in [7, 11) is 0. The van der Waals surface area contributed by atoms with E-state index in [9.17, 15) is 0 Å². The monoisotopic (exact) mass is 194 g/mol. The Kier molecular flexibility index (Phi) is 2.82. The fourth-order valence-corrected chi connectivity index (χ4v) is 2.31. The van der Waals surface area contributed by atoms with Gasteiger partial charge in [-0.15, -0.1) is 0 Å². The van der Waals surface area contributed by atoms with Crippen LogP contribution in [0.5, 0.6) is 0 Å². The highest BCUT2D eigenvalue weighted by atomic mass is 15.3. The van der Waals surface area contributed by atoms with E-state index in [2.05, 4.69) is 10.1 Å². The molecule has 0 aliphatic heterocycles. The Morgan fingerprint density at radius 2 is 2.21 bits per heavy atom.